The summed E-state index contributed by atoms with van der Waals surface area (Å²) in [6.07, 6.45) is 4.53. The predicted octanol–water partition coefficient (Wildman–Crippen LogP) is 3.03. The summed E-state index contributed by atoms with van der Waals surface area (Å²) in [6.45, 7) is 1.15. The first-order chi connectivity index (χ1) is 13.5. The molecule has 1 aliphatic heterocycles. The second-order valence-electron chi connectivity index (χ2n) is 6.62. The fourth-order valence-corrected chi connectivity index (χ4v) is 3.08. The lowest BCUT2D eigenvalue weighted by molar-refractivity contribution is -0.384. The molecule has 144 valence electrons. The van der Waals surface area contributed by atoms with E-state index in [-0.39, 0.29) is 23.5 Å². The number of likely N-dealkylation sites (tertiary alicyclic amines) is 1. The highest BCUT2D eigenvalue weighted by molar-refractivity contribution is 5.94. The molecule has 1 aliphatic rings. The Morgan fingerprint density at radius 2 is 1.68 bits per heavy atom. The number of hydrogen-bond donors (Lipinski definition) is 1. The molecule has 2 amide bonds. The number of carbonyl (C=O) groups is 2. The van der Waals surface area contributed by atoms with Crippen LogP contribution in [0, 0.1) is 10.1 Å². The standard InChI is InChI=1S/C21H21N3O4/c25-20(11-8-16-6-9-19(10-7-16)24(27)28)23-14-12-18(13-15-23)22-21(26)17-4-2-1-3-5-17/h1-11,18H,12-15H2,(H,22,26). The quantitative estimate of drug-likeness (QED) is 0.491. The number of non-ortho nitro benzene ring substituents is 1. The first-order valence-electron chi connectivity index (χ1n) is 9.10. The van der Waals surface area contributed by atoms with Gasteiger partial charge in [-0.25, -0.2) is 0 Å². The molecule has 1 saturated heterocycles. The third-order valence-corrected chi connectivity index (χ3v) is 4.70. The molecule has 1 fully saturated rings. The van der Waals surface area contributed by atoms with Crippen molar-refractivity contribution < 1.29 is 14.5 Å². The predicted molar refractivity (Wildman–Crippen MR) is 106 cm³/mol. The lowest BCUT2D eigenvalue weighted by Crippen LogP contribution is -2.46. The van der Waals surface area contributed by atoms with Crippen molar-refractivity contribution in [2.45, 2.75) is 18.9 Å². The molecule has 0 unspecified atom stereocenters. The average molecular weight is 379 g/mol. The molecule has 2 aromatic rings. The molecule has 1 heterocycles. The molecule has 0 atom stereocenters. The molecule has 3 rings (SSSR count). The summed E-state index contributed by atoms with van der Waals surface area (Å²) < 4.78 is 0. The summed E-state index contributed by atoms with van der Waals surface area (Å²) in [7, 11) is 0. The molecule has 0 bridgehead atoms. The van der Waals surface area contributed by atoms with E-state index in [0.29, 0.717) is 31.5 Å². The third-order valence-electron chi connectivity index (χ3n) is 4.70. The number of rotatable bonds is 5. The van der Waals surface area contributed by atoms with Crippen molar-refractivity contribution in [1.29, 1.82) is 0 Å². The van der Waals surface area contributed by atoms with Crippen LogP contribution in [-0.4, -0.2) is 40.8 Å². The first-order valence-corrected chi connectivity index (χ1v) is 9.10. The zero-order chi connectivity index (χ0) is 19.9. The van der Waals surface area contributed by atoms with E-state index in [0.717, 1.165) is 5.56 Å². The summed E-state index contributed by atoms with van der Waals surface area (Å²) in [5.41, 5.74) is 1.37. The Hall–Kier alpha value is -3.48. The summed E-state index contributed by atoms with van der Waals surface area (Å²) in [6, 6.07) is 15.1. The van der Waals surface area contributed by atoms with Crippen LogP contribution in [0.15, 0.2) is 60.7 Å². The summed E-state index contributed by atoms with van der Waals surface area (Å²) >= 11 is 0. The second-order valence-corrected chi connectivity index (χ2v) is 6.62. The Kier molecular flexibility index (Phi) is 6.16. The van der Waals surface area contributed by atoms with E-state index in [1.54, 1.807) is 35.2 Å². The summed E-state index contributed by atoms with van der Waals surface area (Å²) in [5.74, 6) is -0.199. The van der Waals surface area contributed by atoms with Gasteiger partial charge in [-0.1, -0.05) is 18.2 Å². The van der Waals surface area contributed by atoms with E-state index < -0.39 is 4.92 Å². The van der Waals surface area contributed by atoms with Crippen LogP contribution in [0.4, 0.5) is 5.69 Å². The SMILES string of the molecule is O=C(NC1CCN(C(=O)C=Cc2ccc([N+](=O)[O-])cc2)CC1)c1ccccc1. The van der Waals surface area contributed by atoms with Crippen molar-refractivity contribution in [1.82, 2.24) is 10.2 Å². The number of nitro groups is 1. The van der Waals surface area contributed by atoms with Gasteiger partial charge in [-0.05, 0) is 48.7 Å². The molecule has 0 aliphatic carbocycles. The Labute approximate surface area is 162 Å². The molecule has 0 spiro atoms. The highest BCUT2D eigenvalue weighted by Crippen LogP contribution is 2.15. The molecular formula is C21H21N3O4. The van der Waals surface area contributed by atoms with Crippen LogP contribution in [-0.2, 0) is 4.79 Å². The fraction of sp³-hybridized carbons (Fsp3) is 0.238. The van der Waals surface area contributed by atoms with Gasteiger partial charge < -0.3 is 10.2 Å². The van der Waals surface area contributed by atoms with Crippen LogP contribution in [0.2, 0.25) is 0 Å². The van der Waals surface area contributed by atoms with E-state index in [9.17, 15) is 19.7 Å². The Bertz CT molecular complexity index is 870. The fourth-order valence-electron chi connectivity index (χ4n) is 3.08. The van der Waals surface area contributed by atoms with Crippen molar-refractivity contribution in [2.75, 3.05) is 13.1 Å². The Morgan fingerprint density at radius 1 is 1.04 bits per heavy atom. The highest BCUT2D eigenvalue weighted by atomic mass is 16.6. The maximum atomic E-state index is 12.3. The van der Waals surface area contributed by atoms with E-state index in [2.05, 4.69) is 5.32 Å². The lowest BCUT2D eigenvalue weighted by atomic mass is 10.0. The molecular weight excluding hydrogens is 358 g/mol. The monoisotopic (exact) mass is 379 g/mol. The lowest BCUT2D eigenvalue weighted by Gasteiger charge is -2.31. The van der Waals surface area contributed by atoms with Gasteiger partial charge in [-0.15, -0.1) is 0 Å². The Balaban J connectivity index is 1.48. The molecule has 28 heavy (non-hydrogen) atoms. The van der Waals surface area contributed by atoms with Gasteiger partial charge in [-0.3, -0.25) is 19.7 Å². The third kappa shape index (κ3) is 5.03. The maximum absolute atomic E-state index is 12.3. The number of benzene rings is 2. The van der Waals surface area contributed by atoms with E-state index in [4.69, 9.17) is 0 Å². The zero-order valence-corrected chi connectivity index (χ0v) is 15.3. The maximum Gasteiger partial charge on any atom is 0.269 e. The van der Waals surface area contributed by atoms with Crippen LogP contribution in [0.5, 0.6) is 0 Å². The number of nitro benzene ring substituents is 1. The van der Waals surface area contributed by atoms with Crippen LogP contribution < -0.4 is 5.32 Å². The second kappa shape index (κ2) is 8.94. The minimum absolute atomic E-state index is 0.0168. The highest BCUT2D eigenvalue weighted by Gasteiger charge is 2.23. The number of amides is 2. The Morgan fingerprint density at radius 3 is 2.29 bits per heavy atom. The number of nitrogens with zero attached hydrogens (tertiary/aromatic N) is 2. The van der Waals surface area contributed by atoms with Crippen LogP contribution >= 0.6 is 0 Å². The summed E-state index contributed by atoms with van der Waals surface area (Å²) in [5, 5.41) is 13.7. The number of nitrogens with one attached hydrogen (secondary N) is 1. The number of carbonyl (C=O) groups excluding carboxylic acids is 2. The average Bonchev–Trinajstić information content (AvgIpc) is 2.73. The molecule has 7 heteroatoms. The van der Waals surface area contributed by atoms with E-state index in [1.165, 1.54) is 18.2 Å². The molecule has 0 radical (unpaired) electrons. The molecule has 2 aromatic carbocycles. The van der Waals surface area contributed by atoms with Gasteiger partial charge in [-0.2, -0.15) is 0 Å². The van der Waals surface area contributed by atoms with Gasteiger partial charge in [0.05, 0.1) is 4.92 Å². The largest absolute Gasteiger partial charge is 0.349 e. The first kappa shape index (κ1) is 19.3. The smallest absolute Gasteiger partial charge is 0.269 e. The molecule has 7 nitrogen and oxygen atoms in total. The molecule has 0 aromatic heterocycles. The minimum atomic E-state index is -0.459. The number of hydrogen-bond acceptors (Lipinski definition) is 4. The topological polar surface area (TPSA) is 92.6 Å². The van der Waals surface area contributed by atoms with Gasteiger partial charge in [0.1, 0.15) is 0 Å². The van der Waals surface area contributed by atoms with Crippen molar-refractivity contribution in [3.63, 3.8) is 0 Å². The van der Waals surface area contributed by atoms with E-state index in [1.807, 2.05) is 18.2 Å². The van der Waals surface area contributed by atoms with Crippen LogP contribution in [0.3, 0.4) is 0 Å². The van der Waals surface area contributed by atoms with Crippen LogP contribution in [0.25, 0.3) is 6.08 Å². The normalized spacial score (nSPS) is 14.8. The minimum Gasteiger partial charge on any atom is -0.349 e. The number of piperidine rings is 1. The van der Waals surface area contributed by atoms with Gasteiger partial charge in [0.25, 0.3) is 11.6 Å². The van der Waals surface area contributed by atoms with Crippen molar-refractivity contribution in [3.05, 3.63) is 81.9 Å². The molecule has 1 N–H and O–H groups in total. The van der Waals surface area contributed by atoms with Crippen molar-refractivity contribution >= 4 is 23.6 Å². The van der Waals surface area contributed by atoms with Crippen molar-refractivity contribution in [2.24, 2.45) is 0 Å². The van der Waals surface area contributed by atoms with Crippen molar-refractivity contribution in [3.8, 4) is 0 Å². The van der Waals surface area contributed by atoms with Gasteiger partial charge >= 0.3 is 0 Å². The molecule has 0 saturated carbocycles. The van der Waals surface area contributed by atoms with Gasteiger partial charge in [0, 0.05) is 42.9 Å². The van der Waals surface area contributed by atoms with Gasteiger partial charge in [0.15, 0.2) is 0 Å². The van der Waals surface area contributed by atoms with Gasteiger partial charge in [0.2, 0.25) is 5.91 Å². The van der Waals surface area contributed by atoms with Crippen LogP contribution in [0.1, 0.15) is 28.8 Å². The van der Waals surface area contributed by atoms with E-state index >= 15 is 0 Å². The summed E-state index contributed by atoms with van der Waals surface area (Å²) in [4.78, 5) is 36.5. The zero-order valence-electron chi connectivity index (χ0n) is 15.3.